The standard InChI is InChI=1S/C28H34F2N6O3S/c1-35-7-8-36(16-28(29,30)15-35)20-9-18(10-20)26(38)34-27-33-21-6-5-17(11-24(21)40-27)19-12-31-25(32-13-19)14-39-23-4-2-3-22(23)37/h5-6,11-13,18,20,22-23,37H,2-4,7-10,14-16H2,1H3,(H,33,34,38)/t18?,20?,22-,23-/m0/s1. The molecule has 3 aromatic rings. The Morgan fingerprint density at radius 2 is 1.98 bits per heavy atom. The van der Waals surface area contributed by atoms with Crippen molar-refractivity contribution in [1.82, 2.24) is 24.8 Å². The van der Waals surface area contributed by atoms with Crippen LogP contribution >= 0.6 is 11.3 Å². The molecule has 3 fully saturated rings. The van der Waals surface area contributed by atoms with Crippen molar-refractivity contribution >= 4 is 32.6 Å². The summed E-state index contributed by atoms with van der Waals surface area (Å²) in [5, 5.41) is 13.4. The SMILES string of the molecule is CN1CCN(C2CC(C(=O)Nc3nc4ccc(-c5cnc(CO[C@H]6CCC[C@@H]6O)nc5)cc4s3)C2)CC(F)(F)C1. The number of benzene rings is 1. The summed E-state index contributed by atoms with van der Waals surface area (Å²) >= 11 is 1.40. The highest BCUT2D eigenvalue weighted by Gasteiger charge is 2.43. The number of rotatable bonds is 7. The van der Waals surface area contributed by atoms with E-state index in [9.17, 15) is 18.7 Å². The zero-order chi connectivity index (χ0) is 27.9. The summed E-state index contributed by atoms with van der Waals surface area (Å²) in [5.74, 6) is -2.47. The number of nitrogens with one attached hydrogen (secondary N) is 1. The molecule has 214 valence electrons. The highest BCUT2D eigenvalue weighted by atomic mass is 32.1. The third kappa shape index (κ3) is 6.15. The van der Waals surface area contributed by atoms with Crippen LogP contribution < -0.4 is 5.32 Å². The topological polar surface area (TPSA) is 104 Å². The van der Waals surface area contributed by atoms with E-state index in [1.165, 1.54) is 11.3 Å². The zero-order valence-corrected chi connectivity index (χ0v) is 23.2. The molecule has 1 aliphatic heterocycles. The third-order valence-corrected chi connectivity index (χ3v) is 9.14. The third-order valence-electron chi connectivity index (χ3n) is 8.21. The molecule has 1 amide bonds. The lowest BCUT2D eigenvalue weighted by Crippen LogP contribution is -2.51. The van der Waals surface area contributed by atoms with E-state index in [-0.39, 0.29) is 43.7 Å². The maximum Gasteiger partial charge on any atom is 0.272 e. The van der Waals surface area contributed by atoms with Crippen LogP contribution in [-0.4, -0.2) is 93.2 Å². The summed E-state index contributed by atoms with van der Waals surface area (Å²) < 4.78 is 35.1. The van der Waals surface area contributed by atoms with E-state index < -0.39 is 12.0 Å². The molecule has 2 saturated carbocycles. The average Bonchev–Trinajstić information content (AvgIpc) is 3.45. The largest absolute Gasteiger partial charge is 0.390 e. The first-order valence-electron chi connectivity index (χ1n) is 13.9. The van der Waals surface area contributed by atoms with Crippen molar-refractivity contribution in [2.45, 2.75) is 62.9 Å². The van der Waals surface area contributed by atoms with Gasteiger partial charge in [-0.15, -0.1) is 0 Å². The summed E-state index contributed by atoms with van der Waals surface area (Å²) in [6.07, 6.45) is 6.73. The number of likely N-dealkylation sites (N-methyl/N-ethyl adjacent to an activating group) is 1. The Morgan fingerprint density at radius 1 is 1.18 bits per heavy atom. The highest BCUT2D eigenvalue weighted by Crippen LogP contribution is 2.36. The van der Waals surface area contributed by atoms with Gasteiger partial charge in [-0.25, -0.2) is 23.7 Å². The molecule has 0 bridgehead atoms. The lowest BCUT2D eigenvalue weighted by atomic mass is 9.78. The molecule has 0 radical (unpaired) electrons. The smallest absolute Gasteiger partial charge is 0.272 e. The number of fused-ring (bicyclic) bond motifs is 1. The van der Waals surface area contributed by atoms with Crippen molar-refractivity contribution in [1.29, 1.82) is 0 Å². The van der Waals surface area contributed by atoms with Gasteiger partial charge >= 0.3 is 0 Å². The van der Waals surface area contributed by atoms with Gasteiger partial charge in [0.1, 0.15) is 6.61 Å². The van der Waals surface area contributed by atoms with Crippen LogP contribution in [0.25, 0.3) is 21.3 Å². The van der Waals surface area contributed by atoms with Crippen LogP contribution in [0.2, 0.25) is 0 Å². The quantitative estimate of drug-likeness (QED) is 0.441. The predicted molar refractivity (Wildman–Crippen MR) is 148 cm³/mol. The summed E-state index contributed by atoms with van der Waals surface area (Å²) in [6, 6.07) is 5.87. The van der Waals surface area contributed by atoms with Crippen LogP contribution in [0.3, 0.4) is 0 Å². The van der Waals surface area contributed by atoms with E-state index in [4.69, 9.17) is 4.74 Å². The molecule has 2 aliphatic carbocycles. The molecule has 1 saturated heterocycles. The van der Waals surface area contributed by atoms with Crippen LogP contribution in [0.5, 0.6) is 0 Å². The molecule has 1 aromatic carbocycles. The van der Waals surface area contributed by atoms with Gasteiger partial charge in [-0.05, 0) is 56.8 Å². The maximum atomic E-state index is 14.2. The Hall–Kier alpha value is -2.64. The molecule has 0 unspecified atom stereocenters. The van der Waals surface area contributed by atoms with Gasteiger partial charge in [-0.1, -0.05) is 17.4 Å². The van der Waals surface area contributed by atoms with Gasteiger partial charge in [0.25, 0.3) is 5.92 Å². The van der Waals surface area contributed by atoms with Gasteiger partial charge in [0, 0.05) is 43.0 Å². The van der Waals surface area contributed by atoms with Crippen molar-refractivity contribution in [2.75, 3.05) is 38.5 Å². The van der Waals surface area contributed by atoms with Crippen LogP contribution in [-0.2, 0) is 16.1 Å². The lowest BCUT2D eigenvalue weighted by Gasteiger charge is -2.42. The number of carbonyl (C=O) groups is 1. The summed E-state index contributed by atoms with van der Waals surface area (Å²) in [4.78, 5) is 29.8. The molecule has 0 spiro atoms. The number of amides is 1. The minimum absolute atomic E-state index is 0.0144. The number of alkyl halides is 2. The minimum Gasteiger partial charge on any atom is -0.390 e. The van der Waals surface area contributed by atoms with Crippen LogP contribution in [0.4, 0.5) is 13.9 Å². The molecule has 6 rings (SSSR count). The van der Waals surface area contributed by atoms with Crippen molar-refractivity contribution in [2.24, 2.45) is 5.92 Å². The Bertz CT molecular complexity index is 1350. The fourth-order valence-corrected chi connectivity index (χ4v) is 6.74. The number of hydrogen-bond acceptors (Lipinski definition) is 9. The van der Waals surface area contributed by atoms with Gasteiger partial charge in [-0.2, -0.15) is 0 Å². The molecule has 9 nitrogen and oxygen atoms in total. The molecule has 2 atom stereocenters. The number of aromatic nitrogens is 3. The van der Waals surface area contributed by atoms with Gasteiger partial charge < -0.3 is 15.2 Å². The number of aliphatic hydroxyl groups excluding tert-OH is 1. The van der Waals surface area contributed by atoms with Crippen molar-refractivity contribution in [3.05, 3.63) is 36.4 Å². The zero-order valence-electron chi connectivity index (χ0n) is 22.4. The van der Waals surface area contributed by atoms with E-state index in [1.807, 2.05) is 23.1 Å². The van der Waals surface area contributed by atoms with Gasteiger partial charge in [0.05, 0.1) is 35.5 Å². The molecule has 2 N–H and O–H groups in total. The average molecular weight is 573 g/mol. The van der Waals surface area contributed by atoms with Crippen LogP contribution in [0.1, 0.15) is 37.9 Å². The first-order chi connectivity index (χ1) is 19.2. The van der Waals surface area contributed by atoms with Crippen molar-refractivity contribution < 1.29 is 23.4 Å². The van der Waals surface area contributed by atoms with Crippen LogP contribution in [0, 0.1) is 5.92 Å². The number of anilines is 1. The second-order valence-electron chi connectivity index (χ2n) is 11.3. The first kappa shape index (κ1) is 27.5. The minimum atomic E-state index is -2.74. The molecular weight excluding hydrogens is 538 g/mol. The number of nitrogens with zero attached hydrogens (tertiary/aromatic N) is 5. The molecule has 3 aliphatic rings. The number of hydrogen-bond donors (Lipinski definition) is 2. The molecule has 3 heterocycles. The van der Waals surface area contributed by atoms with Crippen molar-refractivity contribution in [3.63, 3.8) is 0 Å². The van der Waals surface area contributed by atoms with E-state index in [1.54, 1.807) is 24.3 Å². The number of aliphatic hydroxyl groups is 1. The van der Waals surface area contributed by atoms with E-state index in [0.29, 0.717) is 36.9 Å². The highest BCUT2D eigenvalue weighted by molar-refractivity contribution is 7.22. The Balaban J connectivity index is 1.03. The van der Waals surface area contributed by atoms with Crippen molar-refractivity contribution in [3.8, 4) is 11.1 Å². The summed E-state index contributed by atoms with van der Waals surface area (Å²) in [6.45, 7) is 0.994. The number of halogens is 2. The van der Waals surface area contributed by atoms with Gasteiger partial charge in [0.15, 0.2) is 11.0 Å². The Kier molecular flexibility index (Phi) is 7.79. The normalized spacial score (nSPS) is 27.4. The molecule has 2 aromatic heterocycles. The van der Waals surface area contributed by atoms with E-state index >= 15 is 0 Å². The Labute approximate surface area is 235 Å². The molecular formula is C28H34F2N6O3S. The number of ether oxygens (including phenoxy) is 1. The first-order valence-corrected chi connectivity index (χ1v) is 14.7. The van der Waals surface area contributed by atoms with Gasteiger partial charge in [0.2, 0.25) is 5.91 Å². The number of carbonyl (C=O) groups excluding carboxylic acids is 1. The fourth-order valence-electron chi connectivity index (χ4n) is 5.84. The monoisotopic (exact) mass is 572 g/mol. The van der Waals surface area contributed by atoms with Crippen LogP contribution in [0.15, 0.2) is 30.6 Å². The second kappa shape index (κ2) is 11.3. The predicted octanol–water partition coefficient (Wildman–Crippen LogP) is 3.78. The Morgan fingerprint density at radius 3 is 2.73 bits per heavy atom. The maximum absolute atomic E-state index is 14.2. The summed E-state index contributed by atoms with van der Waals surface area (Å²) in [7, 11) is 1.72. The van der Waals surface area contributed by atoms with E-state index in [0.717, 1.165) is 40.6 Å². The molecule has 12 heteroatoms. The fraction of sp³-hybridized carbons (Fsp3) is 0.571. The number of thiazole rings is 1. The summed E-state index contributed by atoms with van der Waals surface area (Å²) in [5.41, 5.74) is 2.58. The lowest BCUT2D eigenvalue weighted by molar-refractivity contribution is -0.125. The molecule has 40 heavy (non-hydrogen) atoms. The van der Waals surface area contributed by atoms with Gasteiger partial charge in [-0.3, -0.25) is 14.6 Å². The second-order valence-corrected chi connectivity index (χ2v) is 12.3. The van der Waals surface area contributed by atoms with E-state index in [2.05, 4.69) is 20.3 Å².